The topological polar surface area (TPSA) is 51.6 Å². The average Bonchev–Trinajstić information content (AvgIpc) is 3.20. The normalized spacial score (nSPS) is 11.6. The first-order valence-electron chi connectivity index (χ1n) is 16.8. The van der Waals surface area contributed by atoms with Crippen LogP contribution in [-0.4, -0.2) is 19.9 Å². The van der Waals surface area contributed by atoms with Crippen LogP contribution in [0.5, 0.6) is 0 Å². The summed E-state index contributed by atoms with van der Waals surface area (Å²) in [6, 6.07) is 57.3. The van der Waals surface area contributed by atoms with Crippen LogP contribution in [0.3, 0.4) is 0 Å². The number of aromatic nitrogens is 4. The molecule has 8 aromatic carbocycles. The highest BCUT2D eigenvalue weighted by Gasteiger charge is 2.17. The minimum atomic E-state index is 0.614. The highest BCUT2D eigenvalue weighted by Crippen LogP contribution is 2.37. The third-order valence-corrected chi connectivity index (χ3v) is 9.75. The molecule has 0 bridgehead atoms. The van der Waals surface area contributed by atoms with E-state index in [2.05, 4.69) is 152 Å². The second kappa shape index (κ2) is 11.4. The fourth-order valence-electron chi connectivity index (χ4n) is 7.24. The Kier molecular flexibility index (Phi) is 6.46. The van der Waals surface area contributed by atoms with Crippen LogP contribution in [0.1, 0.15) is 0 Å². The van der Waals surface area contributed by atoms with E-state index in [1.807, 2.05) is 18.3 Å². The summed E-state index contributed by atoms with van der Waals surface area (Å²) in [6.07, 6.45) is 1.99. The molecule has 2 aromatic heterocycles. The van der Waals surface area contributed by atoms with Crippen LogP contribution >= 0.6 is 0 Å². The minimum Gasteiger partial charge on any atom is -0.256 e. The van der Waals surface area contributed by atoms with Crippen molar-refractivity contribution in [3.63, 3.8) is 0 Å². The molecule has 0 aliphatic carbocycles. The first kappa shape index (κ1) is 28.3. The molecule has 232 valence electrons. The maximum absolute atomic E-state index is 5.22. The Morgan fingerprint density at radius 1 is 0.320 bits per heavy atom. The Bertz CT molecular complexity index is 2920. The van der Waals surface area contributed by atoms with Crippen molar-refractivity contribution >= 4 is 54.0 Å². The van der Waals surface area contributed by atoms with E-state index in [-0.39, 0.29) is 0 Å². The second-order valence-electron chi connectivity index (χ2n) is 12.7. The lowest BCUT2D eigenvalue weighted by Crippen LogP contribution is -2.01. The summed E-state index contributed by atoms with van der Waals surface area (Å²) in [7, 11) is 0. The van der Waals surface area contributed by atoms with Gasteiger partial charge in [0.15, 0.2) is 17.5 Å². The van der Waals surface area contributed by atoms with Crippen LogP contribution in [-0.2, 0) is 0 Å². The molecule has 10 aromatic rings. The van der Waals surface area contributed by atoms with Gasteiger partial charge in [0.25, 0.3) is 0 Å². The van der Waals surface area contributed by atoms with Gasteiger partial charge in [-0.05, 0) is 61.0 Å². The van der Waals surface area contributed by atoms with Crippen molar-refractivity contribution < 1.29 is 0 Å². The van der Waals surface area contributed by atoms with E-state index in [1.54, 1.807) is 0 Å². The molecule has 10 rings (SSSR count). The Hall–Kier alpha value is -6.78. The zero-order valence-electron chi connectivity index (χ0n) is 27.0. The Labute approximate surface area is 288 Å². The summed E-state index contributed by atoms with van der Waals surface area (Å²) >= 11 is 0. The number of benzene rings is 8. The van der Waals surface area contributed by atoms with Crippen molar-refractivity contribution in [1.82, 2.24) is 19.9 Å². The van der Waals surface area contributed by atoms with Crippen molar-refractivity contribution in [1.29, 1.82) is 0 Å². The number of rotatable bonds is 4. The first-order chi connectivity index (χ1) is 24.8. The van der Waals surface area contributed by atoms with E-state index >= 15 is 0 Å². The molecule has 0 spiro atoms. The predicted molar refractivity (Wildman–Crippen MR) is 207 cm³/mol. The summed E-state index contributed by atoms with van der Waals surface area (Å²) < 4.78 is 0. The number of hydrogen-bond donors (Lipinski definition) is 0. The number of fused-ring (bicyclic) bond motifs is 8. The lowest BCUT2D eigenvalue weighted by atomic mass is 9.97. The quantitative estimate of drug-likeness (QED) is 0.180. The van der Waals surface area contributed by atoms with Crippen LogP contribution in [0.25, 0.3) is 99.3 Å². The smallest absolute Gasteiger partial charge is 0.164 e. The zero-order chi connectivity index (χ0) is 33.0. The van der Waals surface area contributed by atoms with Gasteiger partial charge in [0.05, 0.1) is 5.52 Å². The van der Waals surface area contributed by atoms with E-state index in [1.165, 1.54) is 37.9 Å². The van der Waals surface area contributed by atoms with Gasteiger partial charge in [0.1, 0.15) is 0 Å². The van der Waals surface area contributed by atoms with Gasteiger partial charge in [-0.2, -0.15) is 0 Å². The molecule has 0 fully saturated rings. The van der Waals surface area contributed by atoms with Crippen molar-refractivity contribution in [3.8, 4) is 45.3 Å². The molecule has 0 radical (unpaired) electrons. The van der Waals surface area contributed by atoms with Gasteiger partial charge in [0.2, 0.25) is 0 Å². The summed E-state index contributed by atoms with van der Waals surface area (Å²) in [5, 5.41) is 10.4. The molecule has 2 heterocycles. The summed E-state index contributed by atoms with van der Waals surface area (Å²) in [5.74, 6) is 1.86. The van der Waals surface area contributed by atoms with Gasteiger partial charge in [-0.25, -0.2) is 15.0 Å². The molecule has 0 N–H and O–H groups in total. The standard InChI is InChI=1S/C46H28N4/c1-2-9-29(10-3-1)30-17-22-34(23-18-30)44-48-45(35-24-21-33-20-19-31-11-4-6-13-36(31)40(33)27-35)50-46(49-44)39-15-8-16-42-43(39)38-26-25-32-12-5-7-14-37(32)41(38)28-47-42/h1-28H. The lowest BCUT2D eigenvalue weighted by Gasteiger charge is -2.13. The largest absolute Gasteiger partial charge is 0.256 e. The fraction of sp³-hybridized carbons (Fsp3) is 0. The maximum atomic E-state index is 5.22. The van der Waals surface area contributed by atoms with Gasteiger partial charge >= 0.3 is 0 Å². The predicted octanol–water partition coefficient (Wildman–Crippen LogP) is 11.7. The molecular weight excluding hydrogens is 609 g/mol. The third-order valence-electron chi connectivity index (χ3n) is 9.75. The zero-order valence-corrected chi connectivity index (χ0v) is 27.0. The fourth-order valence-corrected chi connectivity index (χ4v) is 7.24. The van der Waals surface area contributed by atoms with Crippen molar-refractivity contribution in [2.24, 2.45) is 0 Å². The van der Waals surface area contributed by atoms with Crippen molar-refractivity contribution in [2.45, 2.75) is 0 Å². The number of nitrogens with zero attached hydrogens (tertiary/aromatic N) is 4. The van der Waals surface area contributed by atoms with Crippen molar-refractivity contribution in [3.05, 3.63) is 170 Å². The SMILES string of the molecule is c1ccc(-c2ccc(-c3nc(-c4ccc5ccc6ccccc6c5c4)nc(-c4cccc5ncc6c7ccccc7ccc6c45)n3)cc2)cc1. The van der Waals surface area contributed by atoms with Gasteiger partial charge in [-0.3, -0.25) is 4.98 Å². The van der Waals surface area contributed by atoms with E-state index in [0.717, 1.165) is 43.9 Å². The first-order valence-corrected chi connectivity index (χ1v) is 16.8. The molecule has 0 unspecified atom stereocenters. The number of hydrogen-bond acceptors (Lipinski definition) is 4. The van der Waals surface area contributed by atoms with Gasteiger partial charge in [-0.15, -0.1) is 0 Å². The van der Waals surface area contributed by atoms with Gasteiger partial charge in [-0.1, -0.05) is 152 Å². The van der Waals surface area contributed by atoms with Crippen LogP contribution < -0.4 is 0 Å². The number of pyridine rings is 1. The molecule has 0 atom stereocenters. The van der Waals surface area contributed by atoms with E-state index in [4.69, 9.17) is 19.9 Å². The van der Waals surface area contributed by atoms with Crippen LogP contribution in [0.2, 0.25) is 0 Å². The van der Waals surface area contributed by atoms with Gasteiger partial charge < -0.3 is 0 Å². The monoisotopic (exact) mass is 636 g/mol. The third kappa shape index (κ3) is 4.69. The Morgan fingerprint density at radius 3 is 1.66 bits per heavy atom. The van der Waals surface area contributed by atoms with E-state index < -0.39 is 0 Å². The summed E-state index contributed by atoms with van der Waals surface area (Å²) in [4.78, 5) is 20.5. The maximum Gasteiger partial charge on any atom is 0.164 e. The van der Waals surface area contributed by atoms with Gasteiger partial charge in [0, 0.05) is 33.7 Å². The molecular formula is C46H28N4. The Balaban J connectivity index is 1.22. The van der Waals surface area contributed by atoms with E-state index in [0.29, 0.717) is 17.5 Å². The van der Waals surface area contributed by atoms with Crippen LogP contribution in [0.15, 0.2) is 170 Å². The molecule has 0 amide bonds. The molecule has 0 saturated heterocycles. The minimum absolute atomic E-state index is 0.614. The van der Waals surface area contributed by atoms with Crippen LogP contribution in [0.4, 0.5) is 0 Å². The molecule has 50 heavy (non-hydrogen) atoms. The lowest BCUT2D eigenvalue weighted by molar-refractivity contribution is 1.08. The highest BCUT2D eigenvalue weighted by atomic mass is 15.0. The molecule has 0 saturated carbocycles. The molecule has 0 aliphatic heterocycles. The Morgan fingerprint density at radius 2 is 0.880 bits per heavy atom. The second-order valence-corrected chi connectivity index (χ2v) is 12.7. The van der Waals surface area contributed by atoms with E-state index in [9.17, 15) is 0 Å². The molecule has 0 aliphatic rings. The summed E-state index contributed by atoms with van der Waals surface area (Å²) in [5.41, 5.74) is 6.00. The van der Waals surface area contributed by atoms with Crippen LogP contribution in [0, 0.1) is 0 Å². The average molecular weight is 637 g/mol. The highest BCUT2D eigenvalue weighted by molar-refractivity contribution is 6.19. The van der Waals surface area contributed by atoms with Crippen molar-refractivity contribution in [2.75, 3.05) is 0 Å². The molecule has 4 nitrogen and oxygen atoms in total. The molecule has 4 heteroatoms. The summed E-state index contributed by atoms with van der Waals surface area (Å²) in [6.45, 7) is 0.